The van der Waals surface area contributed by atoms with Crippen molar-refractivity contribution < 1.29 is 13.6 Å². The van der Waals surface area contributed by atoms with Crippen LogP contribution in [0.1, 0.15) is 0 Å². The Kier molecular flexibility index (Phi) is 4.84. The highest BCUT2D eigenvalue weighted by molar-refractivity contribution is 5.99. The fraction of sp³-hybridized carbons (Fsp3) is 0. The van der Waals surface area contributed by atoms with Gasteiger partial charge in [-0.3, -0.25) is 5.32 Å². The molecule has 0 unspecified atom stereocenters. The van der Waals surface area contributed by atoms with Crippen LogP contribution >= 0.6 is 0 Å². The molecule has 0 saturated heterocycles. The van der Waals surface area contributed by atoms with E-state index in [1.54, 1.807) is 24.3 Å². The Bertz CT molecular complexity index is 870. The van der Waals surface area contributed by atoms with Crippen molar-refractivity contribution in [3.05, 3.63) is 78.5 Å². The van der Waals surface area contributed by atoms with E-state index < -0.39 is 17.7 Å². The first-order valence-electron chi connectivity index (χ1n) is 7.41. The van der Waals surface area contributed by atoms with E-state index in [4.69, 9.17) is 0 Å². The number of halogens is 2. The summed E-state index contributed by atoms with van der Waals surface area (Å²) in [6, 6.07) is 15.0. The van der Waals surface area contributed by atoms with E-state index in [0.29, 0.717) is 17.2 Å². The third-order valence-electron chi connectivity index (χ3n) is 3.25. The van der Waals surface area contributed by atoms with E-state index in [2.05, 4.69) is 20.9 Å². The summed E-state index contributed by atoms with van der Waals surface area (Å²) in [6.07, 6.45) is 1.43. The fourth-order valence-electron chi connectivity index (χ4n) is 2.09. The summed E-state index contributed by atoms with van der Waals surface area (Å²) in [5.41, 5.74) is 1.29. The van der Waals surface area contributed by atoms with Crippen LogP contribution in [0.5, 0.6) is 0 Å². The Morgan fingerprint density at radius 3 is 2.36 bits per heavy atom. The molecule has 0 aliphatic heterocycles. The monoisotopic (exact) mass is 340 g/mol. The van der Waals surface area contributed by atoms with E-state index in [0.717, 1.165) is 12.1 Å². The van der Waals surface area contributed by atoms with Crippen LogP contribution in [0.15, 0.2) is 66.9 Å². The van der Waals surface area contributed by atoms with Gasteiger partial charge in [-0.05, 0) is 36.4 Å². The summed E-state index contributed by atoms with van der Waals surface area (Å²) < 4.78 is 26.5. The zero-order chi connectivity index (χ0) is 17.6. The van der Waals surface area contributed by atoms with Gasteiger partial charge in [-0.1, -0.05) is 18.2 Å². The number of nitrogens with zero attached hydrogens (tertiary/aromatic N) is 1. The maximum atomic E-state index is 13.6. The molecule has 126 valence electrons. The zero-order valence-corrected chi connectivity index (χ0v) is 13.0. The topological polar surface area (TPSA) is 66.1 Å². The highest BCUT2D eigenvalue weighted by atomic mass is 19.1. The lowest BCUT2D eigenvalue weighted by molar-refractivity contribution is 0.262. The van der Waals surface area contributed by atoms with Gasteiger partial charge < -0.3 is 10.6 Å². The minimum Gasteiger partial charge on any atom is -0.352 e. The molecule has 0 fully saturated rings. The number of carbonyl (C=O) groups is 1. The molecule has 0 spiro atoms. The summed E-state index contributed by atoms with van der Waals surface area (Å²) in [4.78, 5) is 15.9. The summed E-state index contributed by atoms with van der Waals surface area (Å²) in [7, 11) is 0. The van der Waals surface area contributed by atoms with Crippen LogP contribution < -0.4 is 16.0 Å². The minimum absolute atomic E-state index is 0.130. The summed E-state index contributed by atoms with van der Waals surface area (Å²) in [5, 5.41) is 8.04. The number of aromatic nitrogens is 1. The molecule has 0 atom stereocenters. The first kappa shape index (κ1) is 16.4. The molecule has 25 heavy (non-hydrogen) atoms. The summed E-state index contributed by atoms with van der Waals surface area (Å²) in [5.74, 6) is -1.02. The standard InChI is InChI=1S/C18H14F2N4O/c19-12-6-8-16(15(20)10-12)22-14-7-9-17(21-11-14)24-18(25)23-13-4-2-1-3-5-13/h1-11,22H,(H2,21,23,24,25). The average Bonchev–Trinajstić information content (AvgIpc) is 2.60. The average molecular weight is 340 g/mol. The molecule has 1 aromatic heterocycles. The number of urea groups is 1. The molecule has 1 heterocycles. The number of benzene rings is 2. The van der Waals surface area contributed by atoms with Crippen molar-refractivity contribution in [2.75, 3.05) is 16.0 Å². The molecule has 3 rings (SSSR count). The van der Waals surface area contributed by atoms with Gasteiger partial charge in [0.05, 0.1) is 17.6 Å². The lowest BCUT2D eigenvalue weighted by Gasteiger charge is -2.09. The Morgan fingerprint density at radius 1 is 0.880 bits per heavy atom. The van der Waals surface area contributed by atoms with E-state index in [-0.39, 0.29) is 5.69 Å². The predicted octanol–water partition coefficient (Wildman–Crippen LogP) is 4.75. The quantitative estimate of drug-likeness (QED) is 0.642. The fourth-order valence-corrected chi connectivity index (χ4v) is 2.09. The van der Waals surface area contributed by atoms with Gasteiger partial charge in [0, 0.05) is 11.8 Å². The van der Waals surface area contributed by atoms with Crippen molar-refractivity contribution in [2.24, 2.45) is 0 Å². The second-order valence-corrected chi connectivity index (χ2v) is 5.13. The van der Waals surface area contributed by atoms with Crippen molar-refractivity contribution >= 4 is 28.9 Å². The number of para-hydroxylation sites is 1. The third kappa shape index (κ3) is 4.51. The van der Waals surface area contributed by atoms with Gasteiger partial charge in [0.15, 0.2) is 0 Å². The van der Waals surface area contributed by atoms with Crippen LogP contribution in [0.25, 0.3) is 0 Å². The molecule has 3 aromatic rings. The van der Waals surface area contributed by atoms with Gasteiger partial charge in [0.25, 0.3) is 0 Å². The van der Waals surface area contributed by atoms with E-state index >= 15 is 0 Å². The van der Waals surface area contributed by atoms with Crippen LogP contribution in [-0.2, 0) is 0 Å². The Balaban J connectivity index is 1.61. The molecule has 2 aromatic carbocycles. The largest absolute Gasteiger partial charge is 0.352 e. The number of anilines is 4. The molecular weight excluding hydrogens is 326 g/mol. The van der Waals surface area contributed by atoms with Gasteiger partial charge in [0.1, 0.15) is 17.5 Å². The van der Waals surface area contributed by atoms with Crippen LogP contribution in [0, 0.1) is 11.6 Å². The number of carbonyl (C=O) groups excluding carboxylic acids is 1. The summed E-state index contributed by atoms with van der Waals surface area (Å²) in [6.45, 7) is 0. The molecule has 5 nitrogen and oxygen atoms in total. The van der Waals surface area contributed by atoms with Gasteiger partial charge >= 0.3 is 6.03 Å². The molecule has 7 heteroatoms. The first-order valence-corrected chi connectivity index (χ1v) is 7.41. The van der Waals surface area contributed by atoms with Crippen LogP contribution in [-0.4, -0.2) is 11.0 Å². The minimum atomic E-state index is -0.704. The van der Waals surface area contributed by atoms with Crippen molar-refractivity contribution in [2.45, 2.75) is 0 Å². The number of hydrogen-bond acceptors (Lipinski definition) is 3. The van der Waals surface area contributed by atoms with Crippen LogP contribution in [0.4, 0.5) is 36.5 Å². The van der Waals surface area contributed by atoms with E-state index in [1.165, 1.54) is 12.3 Å². The van der Waals surface area contributed by atoms with Gasteiger partial charge in [0.2, 0.25) is 0 Å². The maximum Gasteiger partial charge on any atom is 0.324 e. The Labute approximate surface area is 142 Å². The Morgan fingerprint density at radius 2 is 1.68 bits per heavy atom. The van der Waals surface area contributed by atoms with Crippen molar-refractivity contribution in [3.8, 4) is 0 Å². The van der Waals surface area contributed by atoms with Gasteiger partial charge in [-0.15, -0.1) is 0 Å². The smallest absolute Gasteiger partial charge is 0.324 e. The van der Waals surface area contributed by atoms with Gasteiger partial charge in [-0.25, -0.2) is 18.6 Å². The number of rotatable bonds is 4. The number of hydrogen-bond donors (Lipinski definition) is 3. The van der Waals surface area contributed by atoms with Gasteiger partial charge in [-0.2, -0.15) is 0 Å². The first-order chi connectivity index (χ1) is 12.1. The molecule has 0 bridgehead atoms. The lowest BCUT2D eigenvalue weighted by Crippen LogP contribution is -2.19. The number of nitrogens with one attached hydrogen (secondary N) is 3. The molecule has 0 saturated carbocycles. The maximum absolute atomic E-state index is 13.6. The molecule has 2 amide bonds. The number of pyridine rings is 1. The van der Waals surface area contributed by atoms with Crippen LogP contribution in [0.3, 0.4) is 0 Å². The lowest BCUT2D eigenvalue weighted by atomic mass is 10.3. The molecule has 0 radical (unpaired) electrons. The van der Waals surface area contributed by atoms with Crippen molar-refractivity contribution in [1.82, 2.24) is 4.98 Å². The van der Waals surface area contributed by atoms with Crippen LogP contribution in [0.2, 0.25) is 0 Å². The second-order valence-electron chi connectivity index (χ2n) is 5.13. The normalized spacial score (nSPS) is 10.2. The molecule has 0 aliphatic rings. The second kappa shape index (κ2) is 7.39. The highest BCUT2D eigenvalue weighted by Crippen LogP contribution is 2.21. The zero-order valence-electron chi connectivity index (χ0n) is 13.0. The molecule has 0 aliphatic carbocycles. The Hall–Kier alpha value is -3.48. The number of amides is 2. The van der Waals surface area contributed by atoms with E-state index in [1.807, 2.05) is 18.2 Å². The molecule has 3 N–H and O–H groups in total. The van der Waals surface area contributed by atoms with Crippen molar-refractivity contribution in [3.63, 3.8) is 0 Å². The SMILES string of the molecule is O=C(Nc1ccccc1)Nc1ccc(Nc2ccc(F)cc2F)cn1. The predicted molar refractivity (Wildman–Crippen MR) is 93.0 cm³/mol. The van der Waals surface area contributed by atoms with Crippen molar-refractivity contribution in [1.29, 1.82) is 0 Å². The molecular formula is C18H14F2N4O. The summed E-state index contributed by atoms with van der Waals surface area (Å²) >= 11 is 0. The third-order valence-corrected chi connectivity index (χ3v) is 3.25. The van der Waals surface area contributed by atoms with E-state index in [9.17, 15) is 13.6 Å². The highest BCUT2D eigenvalue weighted by Gasteiger charge is 2.06.